The van der Waals surface area contributed by atoms with Gasteiger partial charge in [-0.15, -0.1) is 0 Å². The van der Waals surface area contributed by atoms with Gasteiger partial charge in [0.2, 0.25) is 0 Å². The molecule has 1 amide bonds. The van der Waals surface area contributed by atoms with Crippen LogP contribution in [0.2, 0.25) is 5.02 Å². The van der Waals surface area contributed by atoms with E-state index in [0.717, 1.165) is 5.56 Å². The summed E-state index contributed by atoms with van der Waals surface area (Å²) in [6, 6.07) is 3.85. The van der Waals surface area contributed by atoms with Gasteiger partial charge in [0.1, 0.15) is 6.04 Å². The van der Waals surface area contributed by atoms with E-state index in [-0.39, 0.29) is 13.0 Å². The number of hydrogen-bond acceptors (Lipinski definition) is 3. The van der Waals surface area contributed by atoms with Gasteiger partial charge in [0.05, 0.1) is 0 Å². The van der Waals surface area contributed by atoms with E-state index in [1.807, 2.05) is 6.92 Å². The Balaban J connectivity index is 2.75. The first-order chi connectivity index (χ1) is 8.95. The summed E-state index contributed by atoms with van der Waals surface area (Å²) in [6.07, 6.45) is 0.206. The molecular weight excluding hydrogens is 270 g/mol. The van der Waals surface area contributed by atoms with Crippen LogP contribution in [0.15, 0.2) is 18.2 Å². The van der Waals surface area contributed by atoms with Crippen LogP contribution in [-0.4, -0.2) is 36.7 Å². The van der Waals surface area contributed by atoms with Gasteiger partial charge in [0.25, 0.3) is 5.91 Å². The molecule has 0 fully saturated rings. The van der Waals surface area contributed by atoms with Crippen LogP contribution in [0.3, 0.4) is 0 Å². The van der Waals surface area contributed by atoms with Crippen LogP contribution < -0.4 is 5.32 Å². The highest BCUT2D eigenvalue weighted by Gasteiger charge is 2.20. The normalized spacial score (nSPS) is 11.9. The fourth-order valence-electron chi connectivity index (χ4n) is 1.47. The highest BCUT2D eigenvalue weighted by Crippen LogP contribution is 2.16. The number of carboxylic acid groups (broad SMARTS) is 1. The van der Waals surface area contributed by atoms with Crippen molar-refractivity contribution in [1.82, 2.24) is 5.32 Å². The first kappa shape index (κ1) is 15.5. The summed E-state index contributed by atoms with van der Waals surface area (Å²) >= 11 is 5.92. The molecular formula is C13H16ClNO4. The van der Waals surface area contributed by atoms with Crippen molar-refractivity contribution < 1.29 is 19.4 Å². The van der Waals surface area contributed by atoms with Crippen LogP contribution in [0, 0.1) is 6.92 Å². The number of aliphatic carboxylic acids is 1. The summed E-state index contributed by atoms with van der Waals surface area (Å²) in [5.74, 6) is -1.56. The number of carboxylic acids is 1. The first-order valence-corrected chi connectivity index (χ1v) is 6.12. The second kappa shape index (κ2) is 7.11. The summed E-state index contributed by atoms with van der Waals surface area (Å²) in [4.78, 5) is 22.9. The fraction of sp³-hybridized carbons (Fsp3) is 0.385. The molecule has 1 aromatic rings. The van der Waals surface area contributed by atoms with Gasteiger partial charge in [0, 0.05) is 30.7 Å². The maximum Gasteiger partial charge on any atom is 0.326 e. The number of carbonyl (C=O) groups is 2. The number of nitrogens with one attached hydrogen (secondary N) is 1. The van der Waals surface area contributed by atoms with E-state index in [1.165, 1.54) is 13.2 Å². The SMILES string of the molecule is COCCC(NC(=O)c1ccc(C)c(Cl)c1)C(=O)O. The molecule has 104 valence electrons. The number of rotatable bonds is 6. The van der Waals surface area contributed by atoms with Crippen LogP contribution in [0.5, 0.6) is 0 Å². The molecule has 1 rings (SSSR count). The highest BCUT2D eigenvalue weighted by molar-refractivity contribution is 6.31. The minimum Gasteiger partial charge on any atom is -0.480 e. The van der Waals surface area contributed by atoms with Gasteiger partial charge in [-0.05, 0) is 24.6 Å². The van der Waals surface area contributed by atoms with Crippen LogP contribution in [0.25, 0.3) is 0 Å². The molecule has 6 heteroatoms. The number of halogens is 1. The minimum atomic E-state index is -1.09. The molecule has 0 heterocycles. The van der Waals surface area contributed by atoms with Crippen molar-refractivity contribution in [2.75, 3.05) is 13.7 Å². The molecule has 0 aromatic heterocycles. The largest absolute Gasteiger partial charge is 0.480 e. The Bertz CT molecular complexity index is 476. The summed E-state index contributed by atoms with van der Waals surface area (Å²) in [6.45, 7) is 2.08. The zero-order valence-electron chi connectivity index (χ0n) is 10.8. The first-order valence-electron chi connectivity index (χ1n) is 5.74. The van der Waals surface area contributed by atoms with E-state index in [4.69, 9.17) is 21.4 Å². The predicted octanol–water partition coefficient (Wildman–Crippen LogP) is 1.87. The van der Waals surface area contributed by atoms with Crippen LogP contribution >= 0.6 is 11.6 Å². The number of aryl methyl sites for hydroxylation is 1. The Labute approximate surface area is 116 Å². The number of amides is 1. The number of benzene rings is 1. The predicted molar refractivity (Wildman–Crippen MR) is 71.6 cm³/mol. The summed E-state index contributed by atoms with van der Waals surface area (Å²) in [7, 11) is 1.47. The topological polar surface area (TPSA) is 75.6 Å². The van der Waals surface area contributed by atoms with Crippen LogP contribution in [0.4, 0.5) is 0 Å². The van der Waals surface area contributed by atoms with Gasteiger partial charge in [-0.2, -0.15) is 0 Å². The second-order valence-corrected chi connectivity index (χ2v) is 4.52. The molecule has 0 aliphatic rings. The number of hydrogen-bond donors (Lipinski definition) is 2. The van der Waals surface area contributed by atoms with Gasteiger partial charge in [0.15, 0.2) is 0 Å². The third-order valence-corrected chi connectivity index (χ3v) is 3.06. The Kier molecular flexibility index (Phi) is 5.79. The lowest BCUT2D eigenvalue weighted by molar-refractivity contribution is -0.139. The average molecular weight is 286 g/mol. The molecule has 0 spiro atoms. The lowest BCUT2D eigenvalue weighted by Crippen LogP contribution is -2.41. The molecule has 1 unspecified atom stereocenters. The molecule has 0 radical (unpaired) electrons. The van der Waals surface area contributed by atoms with Crippen LogP contribution in [0.1, 0.15) is 22.3 Å². The molecule has 1 atom stereocenters. The van der Waals surface area contributed by atoms with E-state index >= 15 is 0 Å². The molecule has 19 heavy (non-hydrogen) atoms. The zero-order valence-corrected chi connectivity index (χ0v) is 11.5. The molecule has 0 saturated heterocycles. The zero-order chi connectivity index (χ0) is 14.4. The standard InChI is InChI=1S/C13H16ClNO4/c1-8-3-4-9(7-10(8)14)12(16)15-11(13(17)18)5-6-19-2/h3-4,7,11H,5-6H2,1-2H3,(H,15,16)(H,17,18). The number of ether oxygens (including phenoxy) is 1. The van der Waals surface area contributed by atoms with Crippen molar-refractivity contribution in [2.24, 2.45) is 0 Å². The van der Waals surface area contributed by atoms with Crippen molar-refractivity contribution in [1.29, 1.82) is 0 Å². The van der Waals surface area contributed by atoms with E-state index in [0.29, 0.717) is 10.6 Å². The third kappa shape index (κ3) is 4.54. The summed E-state index contributed by atoms with van der Waals surface area (Å²) in [5.41, 5.74) is 1.19. The van der Waals surface area contributed by atoms with Gasteiger partial charge in [-0.3, -0.25) is 4.79 Å². The van der Waals surface area contributed by atoms with Crippen molar-refractivity contribution in [3.05, 3.63) is 34.3 Å². The van der Waals surface area contributed by atoms with Gasteiger partial charge in [-0.1, -0.05) is 17.7 Å². The maximum atomic E-state index is 11.9. The molecule has 0 saturated carbocycles. The van der Waals surface area contributed by atoms with Gasteiger partial charge >= 0.3 is 5.97 Å². The monoisotopic (exact) mass is 285 g/mol. The molecule has 5 nitrogen and oxygen atoms in total. The summed E-state index contributed by atoms with van der Waals surface area (Å²) < 4.78 is 4.81. The molecule has 0 aliphatic carbocycles. The van der Waals surface area contributed by atoms with Crippen molar-refractivity contribution >= 4 is 23.5 Å². The number of carbonyl (C=O) groups excluding carboxylic acids is 1. The highest BCUT2D eigenvalue weighted by atomic mass is 35.5. The van der Waals surface area contributed by atoms with Gasteiger partial charge in [-0.25, -0.2) is 4.79 Å². The van der Waals surface area contributed by atoms with Crippen molar-refractivity contribution in [3.63, 3.8) is 0 Å². The lowest BCUT2D eigenvalue weighted by Gasteiger charge is -2.14. The Morgan fingerprint density at radius 2 is 2.16 bits per heavy atom. The second-order valence-electron chi connectivity index (χ2n) is 4.11. The third-order valence-electron chi connectivity index (χ3n) is 2.65. The average Bonchev–Trinajstić information content (AvgIpc) is 2.37. The summed E-state index contributed by atoms with van der Waals surface area (Å²) in [5, 5.41) is 11.9. The molecule has 1 aromatic carbocycles. The van der Waals surface area contributed by atoms with E-state index in [1.54, 1.807) is 12.1 Å². The molecule has 2 N–H and O–H groups in total. The number of methoxy groups -OCH3 is 1. The van der Waals surface area contributed by atoms with E-state index in [9.17, 15) is 9.59 Å². The van der Waals surface area contributed by atoms with Crippen LogP contribution in [-0.2, 0) is 9.53 Å². The molecule has 0 aliphatic heterocycles. The minimum absolute atomic E-state index is 0.206. The molecule has 0 bridgehead atoms. The van der Waals surface area contributed by atoms with E-state index < -0.39 is 17.9 Å². The Morgan fingerprint density at radius 3 is 2.68 bits per heavy atom. The Hall–Kier alpha value is -1.59. The van der Waals surface area contributed by atoms with E-state index in [2.05, 4.69) is 5.32 Å². The van der Waals surface area contributed by atoms with Gasteiger partial charge < -0.3 is 15.2 Å². The fourth-order valence-corrected chi connectivity index (χ4v) is 1.65. The Morgan fingerprint density at radius 1 is 1.47 bits per heavy atom. The smallest absolute Gasteiger partial charge is 0.326 e. The van der Waals surface area contributed by atoms with Crippen molar-refractivity contribution in [3.8, 4) is 0 Å². The maximum absolute atomic E-state index is 11.9. The van der Waals surface area contributed by atoms with Crippen molar-refractivity contribution in [2.45, 2.75) is 19.4 Å². The quantitative estimate of drug-likeness (QED) is 0.836. The lowest BCUT2D eigenvalue weighted by atomic mass is 10.1.